The van der Waals surface area contributed by atoms with Crippen molar-refractivity contribution in [3.63, 3.8) is 0 Å². The van der Waals surface area contributed by atoms with E-state index in [0.717, 1.165) is 0 Å². The van der Waals surface area contributed by atoms with Gasteiger partial charge in [0, 0.05) is 12.1 Å². The lowest BCUT2D eigenvalue weighted by Gasteiger charge is -2.15. The van der Waals surface area contributed by atoms with E-state index in [-0.39, 0.29) is 12.1 Å². The van der Waals surface area contributed by atoms with E-state index in [4.69, 9.17) is 16.6 Å². The summed E-state index contributed by atoms with van der Waals surface area (Å²) in [5.74, 6) is 0. The molecule has 0 bridgehead atoms. The zero-order valence-electron chi connectivity index (χ0n) is 6.04. The average molecular weight is 132 g/mol. The van der Waals surface area contributed by atoms with Gasteiger partial charge in [0.1, 0.15) is 0 Å². The predicted molar refractivity (Wildman–Crippen MR) is 37.9 cm³/mol. The third-order valence-corrected chi connectivity index (χ3v) is 1.22. The molecule has 0 saturated heterocycles. The highest BCUT2D eigenvalue weighted by Gasteiger charge is 2.10. The van der Waals surface area contributed by atoms with Gasteiger partial charge in [-0.2, -0.15) is 0 Å². The molecule has 3 atom stereocenters. The maximum atomic E-state index is 9.09. The number of aliphatic hydroxyl groups excluding tert-OH is 1. The molecule has 0 aromatic rings. The summed E-state index contributed by atoms with van der Waals surface area (Å²) >= 11 is 0. The SMILES string of the molecule is CC(N)CC(O)C(C)N. The summed E-state index contributed by atoms with van der Waals surface area (Å²) in [4.78, 5) is 0. The summed E-state index contributed by atoms with van der Waals surface area (Å²) in [6.07, 6.45) is 0.127. The molecule has 0 aliphatic heterocycles. The molecular formula is C6H16N2O. The Morgan fingerprint density at radius 1 is 1.33 bits per heavy atom. The second-order valence-corrected chi connectivity index (χ2v) is 2.64. The lowest BCUT2D eigenvalue weighted by Crippen LogP contribution is -2.35. The van der Waals surface area contributed by atoms with Crippen molar-refractivity contribution < 1.29 is 5.11 Å². The van der Waals surface area contributed by atoms with Crippen LogP contribution in [0.15, 0.2) is 0 Å². The first-order chi connectivity index (χ1) is 4.04. The van der Waals surface area contributed by atoms with Gasteiger partial charge in [0.05, 0.1) is 6.10 Å². The molecule has 0 aromatic carbocycles. The van der Waals surface area contributed by atoms with Crippen LogP contribution in [0.1, 0.15) is 20.3 Å². The van der Waals surface area contributed by atoms with Crippen molar-refractivity contribution in [2.75, 3.05) is 0 Å². The Hall–Kier alpha value is -0.120. The van der Waals surface area contributed by atoms with E-state index in [1.165, 1.54) is 0 Å². The molecule has 56 valence electrons. The van der Waals surface area contributed by atoms with Gasteiger partial charge in [0.15, 0.2) is 0 Å². The molecule has 3 heteroatoms. The minimum Gasteiger partial charge on any atom is -0.391 e. The summed E-state index contributed by atoms with van der Waals surface area (Å²) in [5.41, 5.74) is 10.8. The van der Waals surface area contributed by atoms with E-state index in [2.05, 4.69) is 0 Å². The van der Waals surface area contributed by atoms with Gasteiger partial charge in [0.2, 0.25) is 0 Å². The van der Waals surface area contributed by atoms with Crippen LogP contribution < -0.4 is 11.5 Å². The fourth-order valence-corrected chi connectivity index (χ4v) is 0.596. The maximum Gasteiger partial charge on any atom is 0.0703 e. The van der Waals surface area contributed by atoms with Crippen LogP contribution in [0.3, 0.4) is 0 Å². The first-order valence-corrected chi connectivity index (χ1v) is 3.23. The molecule has 0 fully saturated rings. The lowest BCUT2D eigenvalue weighted by atomic mass is 10.1. The van der Waals surface area contributed by atoms with E-state index >= 15 is 0 Å². The zero-order valence-corrected chi connectivity index (χ0v) is 6.04. The molecule has 0 amide bonds. The monoisotopic (exact) mass is 132 g/mol. The summed E-state index contributed by atoms with van der Waals surface area (Å²) < 4.78 is 0. The fourth-order valence-electron chi connectivity index (χ4n) is 0.596. The van der Waals surface area contributed by atoms with Gasteiger partial charge in [-0.15, -0.1) is 0 Å². The molecule has 9 heavy (non-hydrogen) atoms. The largest absolute Gasteiger partial charge is 0.391 e. The number of hydrogen-bond acceptors (Lipinski definition) is 3. The second-order valence-electron chi connectivity index (χ2n) is 2.64. The normalized spacial score (nSPS) is 21.0. The molecule has 3 nitrogen and oxygen atoms in total. The van der Waals surface area contributed by atoms with Crippen molar-refractivity contribution in [3.05, 3.63) is 0 Å². The van der Waals surface area contributed by atoms with E-state index in [1.54, 1.807) is 6.92 Å². The van der Waals surface area contributed by atoms with Crippen molar-refractivity contribution in [2.45, 2.75) is 38.5 Å². The standard InChI is InChI=1S/C6H16N2O/c1-4(7)3-6(9)5(2)8/h4-6,9H,3,7-8H2,1-2H3. The molecule has 0 saturated carbocycles. The summed E-state index contributed by atoms with van der Waals surface area (Å²) in [6.45, 7) is 3.62. The van der Waals surface area contributed by atoms with Crippen molar-refractivity contribution >= 4 is 0 Å². The highest BCUT2D eigenvalue weighted by molar-refractivity contribution is 4.70. The molecule has 0 aliphatic carbocycles. The van der Waals surface area contributed by atoms with E-state index < -0.39 is 6.10 Å². The number of hydrogen-bond donors (Lipinski definition) is 3. The molecule has 0 spiro atoms. The van der Waals surface area contributed by atoms with Crippen LogP contribution in [0.4, 0.5) is 0 Å². The highest BCUT2D eigenvalue weighted by atomic mass is 16.3. The van der Waals surface area contributed by atoms with E-state index in [0.29, 0.717) is 6.42 Å². The molecule has 0 heterocycles. The van der Waals surface area contributed by atoms with Gasteiger partial charge in [-0.25, -0.2) is 0 Å². The quantitative estimate of drug-likeness (QED) is 0.481. The average Bonchev–Trinajstić information content (AvgIpc) is 1.63. The maximum absolute atomic E-state index is 9.09. The summed E-state index contributed by atoms with van der Waals surface area (Å²) in [7, 11) is 0. The smallest absolute Gasteiger partial charge is 0.0703 e. The Bertz CT molecular complexity index is 73.5. The first-order valence-electron chi connectivity index (χ1n) is 3.23. The number of aliphatic hydroxyl groups is 1. The molecular weight excluding hydrogens is 116 g/mol. The van der Waals surface area contributed by atoms with Crippen molar-refractivity contribution in [3.8, 4) is 0 Å². The van der Waals surface area contributed by atoms with Crippen LogP contribution in [0.2, 0.25) is 0 Å². The van der Waals surface area contributed by atoms with Crippen LogP contribution in [0.25, 0.3) is 0 Å². The topological polar surface area (TPSA) is 72.3 Å². The summed E-state index contributed by atoms with van der Waals surface area (Å²) in [5, 5.41) is 9.09. The Morgan fingerprint density at radius 3 is 1.89 bits per heavy atom. The minimum atomic E-state index is -0.454. The Balaban J connectivity index is 3.38. The van der Waals surface area contributed by atoms with Crippen molar-refractivity contribution in [1.82, 2.24) is 0 Å². The third kappa shape index (κ3) is 4.39. The van der Waals surface area contributed by atoms with Crippen molar-refractivity contribution in [2.24, 2.45) is 11.5 Å². The molecule has 0 radical (unpaired) electrons. The van der Waals surface area contributed by atoms with Crippen LogP contribution in [-0.2, 0) is 0 Å². The Morgan fingerprint density at radius 2 is 1.78 bits per heavy atom. The van der Waals surface area contributed by atoms with Crippen molar-refractivity contribution in [1.29, 1.82) is 0 Å². The van der Waals surface area contributed by atoms with Gasteiger partial charge in [-0.05, 0) is 20.3 Å². The van der Waals surface area contributed by atoms with Gasteiger partial charge in [0.25, 0.3) is 0 Å². The van der Waals surface area contributed by atoms with Crippen LogP contribution >= 0.6 is 0 Å². The lowest BCUT2D eigenvalue weighted by molar-refractivity contribution is 0.135. The third-order valence-electron chi connectivity index (χ3n) is 1.22. The number of rotatable bonds is 3. The fraction of sp³-hybridized carbons (Fsp3) is 1.00. The predicted octanol–water partition coefficient (Wildman–Crippen LogP) is -0.568. The van der Waals surface area contributed by atoms with Crippen LogP contribution in [-0.4, -0.2) is 23.3 Å². The van der Waals surface area contributed by atoms with Crippen LogP contribution in [0.5, 0.6) is 0 Å². The molecule has 0 aliphatic rings. The van der Waals surface area contributed by atoms with Gasteiger partial charge < -0.3 is 16.6 Å². The number of nitrogens with two attached hydrogens (primary N) is 2. The van der Waals surface area contributed by atoms with E-state index in [9.17, 15) is 0 Å². The van der Waals surface area contributed by atoms with E-state index in [1.807, 2.05) is 6.92 Å². The minimum absolute atomic E-state index is 0.0333. The zero-order chi connectivity index (χ0) is 7.44. The van der Waals surface area contributed by atoms with Gasteiger partial charge in [-0.3, -0.25) is 0 Å². The molecule has 0 aromatic heterocycles. The highest BCUT2D eigenvalue weighted by Crippen LogP contribution is 1.97. The molecule has 3 unspecified atom stereocenters. The Kier molecular flexibility index (Phi) is 3.77. The van der Waals surface area contributed by atoms with Gasteiger partial charge >= 0.3 is 0 Å². The summed E-state index contributed by atoms with van der Waals surface area (Å²) in [6, 6.07) is -0.137. The molecule has 5 N–H and O–H groups in total. The molecule has 0 rings (SSSR count). The Labute approximate surface area is 56.0 Å². The second kappa shape index (κ2) is 3.82. The van der Waals surface area contributed by atoms with Gasteiger partial charge in [-0.1, -0.05) is 0 Å². The first kappa shape index (κ1) is 8.88. The van der Waals surface area contributed by atoms with Crippen LogP contribution in [0, 0.1) is 0 Å².